The molecular formula is C24H22ClFN4O3S. The molecule has 0 fully saturated rings. The van der Waals surface area contributed by atoms with E-state index in [0.29, 0.717) is 39.4 Å². The van der Waals surface area contributed by atoms with Gasteiger partial charge in [0.2, 0.25) is 4.77 Å². The summed E-state index contributed by atoms with van der Waals surface area (Å²) in [5.41, 5.74) is 5.07. The van der Waals surface area contributed by atoms with E-state index in [-0.39, 0.29) is 12.2 Å². The van der Waals surface area contributed by atoms with Crippen LogP contribution in [-0.4, -0.2) is 29.1 Å². The maximum atomic E-state index is 14.2. The minimum atomic E-state index is -0.437. The summed E-state index contributed by atoms with van der Waals surface area (Å²) in [6.07, 6.45) is 0. The molecule has 1 heterocycles. The SMILES string of the molecule is COc1ccccc1-c1n[nH]c(=S)n1NCc1cccc(OC)c1OCc1c(F)cccc1Cl. The fourth-order valence-corrected chi connectivity index (χ4v) is 3.87. The molecule has 0 bridgehead atoms. The van der Waals surface area contributed by atoms with Crippen molar-refractivity contribution in [2.75, 3.05) is 19.6 Å². The molecule has 0 saturated heterocycles. The molecule has 34 heavy (non-hydrogen) atoms. The molecule has 2 N–H and O–H groups in total. The molecule has 0 atom stereocenters. The lowest BCUT2D eigenvalue weighted by molar-refractivity contribution is 0.277. The van der Waals surface area contributed by atoms with E-state index in [2.05, 4.69) is 15.6 Å². The van der Waals surface area contributed by atoms with E-state index in [0.717, 1.165) is 11.1 Å². The van der Waals surface area contributed by atoms with Crippen molar-refractivity contribution >= 4 is 23.8 Å². The first-order chi connectivity index (χ1) is 16.5. The van der Waals surface area contributed by atoms with Crippen LogP contribution in [-0.2, 0) is 13.2 Å². The van der Waals surface area contributed by atoms with Gasteiger partial charge in [0.15, 0.2) is 17.3 Å². The number of methoxy groups -OCH3 is 2. The molecule has 0 unspecified atom stereocenters. The highest BCUT2D eigenvalue weighted by Crippen LogP contribution is 2.33. The van der Waals surface area contributed by atoms with Crippen LogP contribution in [0.15, 0.2) is 60.7 Å². The minimum absolute atomic E-state index is 0.0590. The van der Waals surface area contributed by atoms with Gasteiger partial charge in [0, 0.05) is 11.1 Å². The third-order valence-electron chi connectivity index (χ3n) is 5.15. The smallest absolute Gasteiger partial charge is 0.214 e. The lowest BCUT2D eigenvalue weighted by Gasteiger charge is -2.17. The number of nitrogens with zero attached hydrogens (tertiary/aromatic N) is 2. The van der Waals surface area contributed by atoms with Crippen LogP contribution in [0, 0.1) is 10.6 Å². The number of halogens is 2. The number of ether oxygens (including phenoxy) is 3. The zero-order valence-electron chi connectivity index (χ0n) is 18.5. The number of aromatic amines is 1. The van der Waals surface area contributed by atoms with Gasteiger partial charge in [-0.1, -0.05) is 41.9 Å². The highest BCUT2D eigenvalue weighted by Gasteiger charge is 2.16. The molecule has 0 spiro atoms. The minimum Gasteiger partial charge on any atom is -0.496 e. The van der Waals surface area contributed by atoms with Gasteiger partial charge in [-0.3, -0.25) is 0 Å². The van der Waals surface area contributed by atoms with Crippen LogP contribution in [0.1, 0.15) is 11.1 Å². The van der Waals surface area contributed by atoms with Gasteiger partial charge < -0.3 is 19.6 Å². The Morgan fingerprint density at radius 1 is 1.03 bits per heavy atom. The summed E-state index contributed by atoms with van der Waals surface area (Å²) in [6.45, 7) is 0.254. The first-order valence-corrected chi connectivity index (χ1v) is 11.1. The Hall–Kier alpha value is -3.56. The summed E-state index contributed by atoms with van der Waals surface area (Å²) in [6, 6.07) is 17.5. The highest BCUT2D eigenvalue weighted by atomic mass is 35.5. The molecule has 7 nitrogen and oxygen atoms in total. The number of benzene rings is 3. The third-order valence-corrected chi connectivity index (χ3v) is 5.78. The van der Waals surface area contributed by atoms with Crippen molar-refractivity contribution in [3.8, 4) is 28.6 Å². The molecule has 0 amide bonds. The van der Waals surface area contributed by atoms with Gasteiger partial charge in [-0.05, 0) is 42.5 Å². The van der Waals surface area contributed by atoms with E-state index in [4.69, 9.17) is 38.0 Å². The second-order valence-electron chi connectivity index (χ2n) is 7.16. The number of para-hydroxylation sites is 2. The van der Waals surface area contributed by atoms with Crippen LogP contribution in [0.4, 0.5) is 4.39 Å². The second-order valence-corrected chi connectivity index (χ2v) is 7.95. The van der Waals surface area contributed by atoms with Crippen LogP contribution >= 0.6 is 23.8 Å². The summed E-state index contributed by atoms with van der Waals surface area (Å²) >= 11 is 11.6. The van der Waals surface area contributed by atoms with Crippen LogP contribution in [0.5, 0.6) is 17.2 Å². The molecule has 4 rings (SSSR count). The molecule has 0 aliphatic heterocycles. The Kier molecular flexibility index (Phi) is 7.34. The third kappa shape index (κ3) is 4.85. The van der Waals surface area contributed by atoms with E-state index in [1.807, 2.05) is 36.4 Å². The molecular weight excluding hydrogens is 479 g/mol. The lowest BCUT2D eigenvalue weighted by Crippen LogP contribution is -2.17. The van der Waals surface area contributed by atoms with Crippen molar-refractivity contribution in [1.82, 2.24) is 14.9 Å². The Morgan fingerprint density at radius 3 is 2.53 bits per heavy atom. The van der Waals surface area contributed by atoms with Gasteiger partial charge in [-0.15, -0.1) is 0 Å². The summed E-state index contributed by atoms with van der Waals surface area (Å²) in [7, 11) is 3.14. The van der Waals surface area contributed by atoms with E-state index in [9.17, 15) is 4.39 Å². The van der Waals surface area contributed by atoms with Crippen molar-refractivity contribution in [1.29, 1.82) is 0 Å². The Balaban J connectivity index is 1.62. The monoisotopic (exact) mass is 500 g/mol. The van der Waals surface area contributed by atoms with Gasteiger partial charge in [-0.25, -0.2) is 14.2 Å². The first kappa shape index (κ1) is 23.6. The van der Waals surface area contributed by atoms with E-state index >= 15 is 0 Å². The first-order valence-electron chi connectivity index (χ1n) is 10.3. The van der Waals surface area contributed by atoms with E-state index in [1.165, 1.54) is 6.07 Å². The van der Waals surface area contributed by atoms with E-state index in [1.54, 1.807) is 37.1 Å². The fourth-order valence-electron chi connectivity index (χ4n) is 3.46. The standard InChI is InChI=1S/C24H22ClFN4O3S/c1-31-20-11-4-3-8-16(20)23-28-29-24(34)30(23)27-13-15-7-5-12-21(32-2)22(15)33-14-17-18(25)9-6-10-19(17)26/h3-12,27H,13-14H2,1-2H3,(H,29,34). The number of H-pyrrole nitrogens is 1. The number of nitrogens with one attached hydrogen (secondary N) is 2. The second kappa shape index (κ2) is 10.6. The van der Waals surface area contributed by atoms with Gasteiger partial charge in [0.1, 0.15) is 18.2 Å². The number of hydrogen-bond acceptors (Lipinski definition) is 6. The Bertz CT molecular complexity index is 1340. The molecule has 176 valence electrons. The summed E-state index contributed by atoms with van der Waals surface area (Å²) < 4.78 is 33.2. The van der Waals surface area contributed by atoms with Gasteiger partial charge in [0.05, 0.1) is 31.4 Å². The molecule has 0 aliphatic rings. The molecule has 1 aromatic heterocycles. The molecule has 0 aliphatic carbocycles. The van der Waals surface area contributed by atoms with Crippen molar-refractivity contribution in [2.45, 2.75) is 13.2 Å². The van der Waals surface area contributed by atoms with Crippen LogP contribution < -0.4 is 19.6 Å². The summed E-state index contributed by atoms with van der Waals surface area (Å²) in [4.78, 5) is 0. The number of hydrogen-bond donors (Lipinski definition) is 2. The predicted octanol–water partition coefficient (Wildman–Crippen LogP) is 5.74. The fraction of sp³-hybridized carbons (Fsp3) is 0.167. The summed E-state index contributed by atoms with van der Waals surface area (Å²) in [5.74, 6) is 1.75. The molecule has 10 heteroatoms. The summed E-state index contributed by atoms with van der Waals surface area (Å²) in [5, 5.41) is 7.45. The maximum absolute atomic E-state index is 14.2. The highest BCUT2D eigenvalue weighted by molar-refractivity contribution is 7.71. The molecule has 0 saturated carbocycles. The van der Waals surface area contributed by atoms with Crippen molar-refractivity contribution < 1.29 is 18.6 Å². The van der Waals surface area contributed by atoms with Crippen molar-refractivity contribution in [3.63, 3.8) is 0 Å². The predicted molar refractivity (Wildman–Crippen MR) is 131 cm³/mol. The van der Waals surface area contributed by atoms with Gasteiger partial charge >= 0.3 is 0 Å². The zero-order valence-corrected chi connectivity index (χ0v) is 20.0. The molecule has 0 radical (unpaired) electrons. The topological polar surface area (TPSA) is 73.3 Å². The maximum Gasteiger partial charge on any atom is 0.214 e. The normalized spacial score (nSPS) is 10.7. The van der Waals surface area contributed by atoms with Crippen LogP contribution in [0.2, 0.25) is 5.02 Å². The Morgan fingerprint density at radius 2 is 1.76 bits per heavy atom. The Labute approximate surface area is 206 Å². The molecule has 3 aromatic carbocycles. The zero-order chi connectivity index (χ0) is 24.1. The van der Waals surface area contributed by atoms with Crippen LogP contribution in [0.25, 0.3) is 11.4 Å². The average molecular weight is 501 g/mol. The van der Waals surface area contributed by atoms with Crippen LogP contribution in [0.3, 0.4) is 0 Å². The average Bonchev–Trinajstić information content (AvgIpc) is 3.22. The van der Waals surface area contributed by atoms with E-state index < -0.39 is 5.82 Å². The van der Waals surface area contributed by atoms with Crippen molar-refractivity contribution in [2.24, 2.45) is 0 Å². The quantitative estimate of drug-likeness (QED) is 0.285. The number of rotatable bonds is 9. The number of aromatic nitrogens is 3. The largest absolute Gasteiger partial charge is 0.496 e. The van der Waals surface area contributed by atoms with Gasteiger partial charge in [0.25, 0.3) is 0 Å². The lowest BCUT2D eigenvalue weighted by atomic mass is 10.1. The van der Waals surface area contributed by atoms with Gasteiger partial charge in [-0.2, -0.15) is 5.10 Å². The van der Waals surface area contributed by atoms with Crippen molar-refractivity contribution in [3.05, 3.63) is 87.4 Å². The molecule has 4 aromatic rings.